The molecule has 0 fully saturated rings. The van der Waals surface area contributed by atoms with E-state index < -0.39 is 5.54 Å². The predicted octanol–water partition coefficient (Wildman–Crippen LogP) is 4.88. The molecule has 1 aliphatic rings. The smallest absolute Gasteiger partial charge is 0.410 e. The Morgan fingerprint density at radius 3 is 2.44 bits per heavy atom. The molecule has 1 aromatic carbocycles. The summed E-state index contributed by atoms with van der Waals surface area (Å²) in [4.78, 5) is 14.6. The maximum Gasteiger partial charge on any atom is 0.410 e. The zero-order valence-corrected chi connectivity index (χ0v) is 16.3. The number of nitrogens with zero attached hydrogens (tertiary/aromatic N) is 1. The number of carbonyl (C=O) groups is 1. The molecule has 2 rings (SSSR count). The van der Waals surface area contributed by atoms with E-state index in [1.54, 1.807) is 7.11 Å². The van der Waals surface area contributed by atoms with E-state index in [2.05, 4.69) is 38.1 Å². The Labute approximate surface area is 151 Å². The van der Waals surface area contributed by atoms with E-state index in [4.69, 9.17) is 9.47 Å². The molecule has 0 aliphatic heterocycles. The van der Waals surface area contributed by atoms with Crippen LogP contribution in [-0.2, 0) is 21.4 Å². The first kappa shape index (κ1) is 19.4. The summed E-state index contributed by atoms with van der Waals surface area (Å²) in [7, 11) is 3.14. The minimum absolute atomic E-state index is 0.0238. The van der Waals surface area contributed by atoms with Crippen molar-refractivity contribution in [3.63, 3.8) is 0 Å². The number of carbonyl (C=O) groups excluding carboxylic acids is 1. The maximum absolute atomic E-state index is 12.8. The molecule has 0 saturated heterocycles. The Morgan fingerprint density at radius 2 is 1.88 bits per heavy atom. The van der Waals surface area contributed by atoms with Crippen molar-refractivity contribution in [1.29, 1.82) is 0 Å². The highest BCUT2D eigenvalue weighted by molar-refractivity contribution is 5.71. The second-order valence-corrected chi connectivity index (χ2v) is 7.36. The average molecular weight is 345 g/mol. The van der Waals surface area contributed by atoms with Crippen LogP contribution >= 0.6 is 0 Å². The summed E-state index contributed by atoms with van der Waals surface area (Å²) < 4.78 is 11.0. The summed E-state index contributed by atoms with van der Waals surface area (Å²) in [6, 6.07) is 8.33. The van der Waals surface area contributed by atoms with Crippen molar-refractivity contribution in [3.8, 4) is 0 Å². The number of hydrogen-bond acceptors (Lipinski definition) is 3. The van der Waals surface area contributed by atoms with Gasteiger partial charge in [0.2, 0.25) is 0 Å². The Bertz CT molecular complexity index is 636. The number of benzene rings is 1. The molecule has 0 N–H and O–H groups in total. The van der Waals surface area contributed by atoms with Crippen LogP contribution in [0, 0.1) is 5.92 Å². The van der Waals surface area contributed by atoms with Gasteiger partial charge in [-0.15, -0.1) is 0 Å². The van der Waals surface area contributed by atoms with E-state index in [1.165, 1.54) is 12.7 Å². The van der Waals surface area contributed by atoms with E-state index in [1.807, 2.05) is 24.8 Å². The fraction of sp³-hybridized carbons (Fsp3) is 0.571. The quantitative estimate of drug-likeness (QED) is 0.737. The molecule has 0 heterocycles. The number of rotatable bonds is 6. The van der Waals surface area contributed by atoms with Crippen molar-refractivity contribution in [2.24, 2.45) is 5.92 Å². The van der Waals surface area contributed by atoms with Crippen LogP contribution in [0.15, 0.2) is 36.1 Å². The highest BCUT2D eigenvalue weighted by Crippen LogP contribution is 2.47. The van der Waals surface area contributed by atoms with Gasteiger partial charge in [0.25, 0.3) is 0 Å². The predicted molar refractivity (Wildman–Crippen MR) is 100 cm³/mol. The minimum atomic E-state index is -0.630. The van der Waals surface area contributed by atoms with Crippen molar-refractivity contribution in [2.75, 3.05) is 14.2 Å². The van der Waals surface area contributed by atoms with Crippen molar-refractivity contribution in [1.82, 2.24) is 4.90 Å². The third-order valence-electron chi connectivity index (χ3n) is 4.98. The van der Waals surface area contributed by atoms with Gasteiger partial charge in [-0.05, 0) is 56.2 Å². The fourth-order valence-electron chi connectivity index (χ4n) is 3.89. The van der Waals surface area contributed by atoms with Crippen molar-refractivity contribution < 1.29 is 14.3 Å². The summed E-state index contributed by atoms with van der Waals surface area (Å²) in [6.45, 7) is 8.46. The van der Waals surface area contributed by atoms with Crippen LogP contribution in [-0.4, -0.2) is 31.3 Å². The third kappa shape index (κ3) is 3.53. The molecule has 1 atom stereocenters. The molecule has 138 valence electrons. The van der Waals surface area contributed by atoms with Gasteiger partial charge < -0.3 is 9.47 Å². The van der Waals surface area contributed by atoms with E-state index >= 15 is 0 Å². The number of hydrogen-bond donors (Lipinski definition) is 0. The van der Waals surface area contributed by atoms with Crippen LogP contribution in [0.2, 0.25) is 0 Å². The first-order chi connectivity index (χ1) is 11.9. The topological polar surface area (TPSA) is 38.8 Å². The van der Waals surface area contributed by atoms with Gasteiger partial charge in [-0.3, -0.25) is 4.90 Å². The highest BCUT2D eigenvalue weighted by atomic mass is 16.5. The Hall–Kier alpha value is -1.97. The molecule has 25 heavy (non-hydrogen) atoms. The number of allylic oxidation sites excluding steroid dienone is 1. The highest BCUT2D eigenvalue weighted by Gasteiger charge is 2.49. The van der Waals surface area contributed by atoms with Gasteiger partial charge in [-0.25, -0.2) is 4.79 Å². The molecule has 0 aromatic heterocycles. The van der Waals surface area contributed by atoms with E-state index in [-0.39, 0.29) is 12.1 Å². The summed E-state index contributed by atoms with van der Waals surface area (Å²) in [5.74, 6) is 1.36. The molecule has 4 nitrogen and oxygen atoms in total. The van der Waals surface area contributed by atoms with Crippen LogP contribution in [0.3, 0.4) is 0 Å². The van der Waals surface area contributed by atoms with Gasteiger partial charge in [0.1, 0.15) is 11.3 Å². The molecule has 0 bridgehead atoms. The number of ether oxygens (including phenoxy) is 2. The lowest BCUT2D eigenvalue weighted by atomic mass is 9.74. The lowest BCUT2D eigenvalue weighted by Gasteiger charge is -2.48. The fourth-order valence-corrected chi connectivity index (χ4v) is 3.89. The first-order valence-corrected chi connectivity index (χ1v) is 9.08. The summed E-state index contributed by atoms with van der Waals surface area (Å²) in [6.07, 6.45) is 4.39. The minimum Gasteiger partial charge on any atom is -0.499 e. The van der Waals surface area contributed by atoms with E-state index in [0.29, 0.717) is 5.92 Å². The normalized spacial score (nSPS) is 19.4. The van der Waals surface area contributed by atoms with Crippen LogP contribution in [0.5, 0.6) is 0 Å². The number of methoxy groups -OCH3 is 2. The van der Waals surface area contributed by atoms with Gasteiger partial charge in [-0.1, -0.05) is 38.1 Å². The van der Waals surface area contributed by atoms with Crippen molar-refractivity contribution >= 4 is 6.09 Å². The Balaban J connectivity index is 2.72. The van der Waals surface area contributed by atoms with Gasteiger partial charge in [0.15, 0.2) is 0 Å². The lowest BCUT2D eigenvalue weighted by Crippen LogP contribution is -2.55. The van der Waals surface area contributed by atoms with Crippen LogP contribution in [0.1, 0.15) is 51.7 Å². The first-order valence-electron chi connectivity index (χ1n) is 9.08. The third-order valence-corrected chi connectivity index (χ3v) is 4.98. The zero-order chi connectivity index (χ0) is 18.6. The molecular formula is C21H31NO3. The Kier molecular flexibility index (Phi) is 6.15. The zero-order valence-electron chi connectivity index (χ0n) is 16.3. The van der Waals surface area contributed by atoms with E-state index in [0.717, 1.165) is 30.6 Å². The molecule has 1 aliphatic carbocycles. The second kappa shape index (κ2) is 7.94. The van der Waals surface area contributed by atoms with Crippen LogP contribution in [0.25, 0.3) is 0 Å². The molecule has 1 unspecified atom stereocenters. The van der Waals surface area contributed by atoms with E-state index in [9.17, 15) is 4.79 Å². The lowest BCUT2D eigenvalue weighted by molar-refractivity contribution is 0.0191. The largest absolute Gasteiger partial charge is 0.499 e. The van der Waals surface area contributed by atoms with Crippen molar-refractivity contribution in [2.45, 2.75) is 58.5 Å². The molecule has 4 heteroatoms. The van der Waals surface area contributed by atoms with Crippen LogP contribution < -0.4 is 0 Å². The Morgan fingerprint density at radius 1 is 1.20 bits per heavy atom. The molecule has 1 amide bonds. The molecule has 0 radical (unpaired) electrons. The summed E-state index contributed by atoms with van der Waals surface area (Å²) in [5, 5.41) is 0. The summed E-state index contributed by atoms with van der Waals surface area (Å²) in [5.41, 5.74) is 1.76. The maximum atomic E-state index is 12.8. The number of amides is 1. The summed E-state index contributed by atoms with van der Waals surface area (Å²) >= 11 is 0. The molecular weight excluding hydrogens is 314 g/mol. The van der Waals surface area contributed by atoms with Gasteiger partial charge in [0, 0.05) is 6.04 Å². The SMILES string of the molecule is COC(=O)N(C(C)C)C1(CCC(C)C)C(OC)=CCc2ccccc21. The molecule has 1 aromatic rings. The number of fused-ring (bicyclic) bond motifs is 1. The van der Waals surface area contributed by atoms with Crippen molar-refractivity contribution in [3.05, 3.63) is 47.2 Å². The second-order valence-electron chi connectivity index (χ2n) is 7.36. The molecule has 0 saturated carbocycles. The van der Waals surface area contributed by atoms with Crippen LogP contribution in [0.4, 0.5) is 4.79 Å². The standard InChI is InChI=1S/C21H31NO3/c1-15(2)13-14-21(22(16(3)4)20(23)25-6)18-10-8-7-9-17(18)11-12-19(21)24-5/h7-10,12,15-16H,11,13-14H2,1-6H3. The monoisotopic (exact) mass is 345 g/mol. The van der Waals surface area contributed by atoms with Gasteiger partial charge >= 0.3 is 6.09 Å². The molecule has 0 spiro atoms. The van der Waals surface area contributed by atoms with Gasteiger partial charge in [-0.2, -0.15) is 0 Å². The van der Waals surface area contributed by atoms with Gasteiger partial charge in [0.05, 0.1) is 14.2 Å². The average Bonchev–Trinajstić information content (AvgIpc) is 2.59.